The molecule has 2 aromatic rings. The molecule has 0 spiro atoms. The summed E-state index contributed by atoms with van der Waals surface area (Å²) >= 11 is 1.52. The number of thiophene rings is 1. The number of carboxylic acids is 1. The number of furan rings is 1. The maximum atomic E-state index is 12.9. The fraction of sp³-hybridized carbons (Fsp3) is 0.500. The quantitative estimate of drug-likeness (QED) is 0.754. The van der Waals surface area contributed by atoms with E-state index in [0.717, 1.165) is 43.2 Å². The molecule has 0 saturated carbocycles. The van der Waals surface area contributed by atoms with E-state index in [-0.39, 0.29) is 18.1 Å². The molecule has 2 aromatic heterocycles. The average Bonchev–Trinajstić information content (AvgIpc) is 3.48. The van der Waals surface area contributed by atoms with Gasteiger partial charge in [0.05, 0.1) is 29.8 Å². The number of hydrogen-bond donors (Lipinski definition) is 1. The Bertz CT molecular complexity index is 857. The highest BCUT2D eigenvalue weighted by Crippen LogP contribution is 2.34. The Labute approximate surface area is 181 Å². The van der Waals surface area contributed by atoms with E-state index in [0.29, 0.717) is 5.92 Å². The van der Waals surface area contributed by atoms with Crippen molar-refractivity contribution in [2.24, 2.45) is 5.92 Å². The molecule has 1 N–H and O–H groups in total. The van der Waals surface area contributed by atoms with Gasteiger partial charge in [0.2, 0.25) is 0 Å². The number of ether oxygens (including phenoxy) is 1. The van der Waals surface area contributed by atoms with E-state index in [1.54, 1.807) is 13.4 Å². The molecular formula is C20H23F3N2O5S. The van der Waals surface area contributed by atoms with Crippen LogP contribution in [0.3, 0.4) is 0 Å². The molecule has 4 heterocycles. The summed E-state index contributed by atoms with van der Waals surface area (Å²) in [5.41, 5.74) is 0. The molecule has 31 heavy (non-hydrogen) atoms. The Morgan fingerprint density at radius 3 is 2.58 bits per heavy atom. The highest BCUT2D eigenvalue weighted by Gasteiger charge is 2.46. The number of halogens is 3. The van der Waals surface area contributed by atoms with Gasteiger partial charge in [-0.3, -0.25) is 9.69 Å². The van der Waals surface area contributed by atoms with Gasteiger partial charge in [0.1, 0.15) is 5.76 Å². The van der Waals surface area contributed by atoms with Crippen LogP contribution in [0.25, 0.3) is 0 Å². The molecular weight excluding hydrogens is 437 g/mol. The molecule has 4 rings (SSSR count). The fourth-order valence-electron chi connectivity index (χ4n) is 4.07. The lowest BCUT2D eigenvalue weighted by Crippen LogP contribution is -2.53. The molecule has 3 atom stereocenters. The summed E-state index contributed by atoms with van der Waals surface area (Å²) in [5.74, 6) is -1.26. The molecule has 2 saturated heterocycles. The first kappa shape index (κ1) is 23.3. The van der Waals surface area contributed by atoms with Crippen LogP contribution in [-0.2, 0) is 16.1 Å². The van der Waals surface area contributed by atoms with Crippen molar-refractivity contribution in [2.75, 3.05) is 26.7 Å². The van der Waals surface area contributed by atoms with Crippen LogP contribution in [0.5, 0.6) is 0 Å². The Hall–Kier alpha value is -2.37. The number of carbonyl (C=O) groups is 2. The summed E-state index contributed by atoms with van der Waals surface area (Å²) in [5, 5.41) is 9.09. The fourth-order valence-corrected chi connectivity index (χ4v) is 4.75. The largest absolute Gasteiger partial charge is 0.490 e. The van der Waals surface area contributed by atoms with Crippen LogP contribution in [0.15, 0.2) is 40.3 Å². The van der Waals surface area contributed by atoms with Gasteiger partial charge in [0, 0.05) is 32.7 Å². The first-order valence-electron chi connectivity index (χ1n) is 9.62. The molecule has 0 aliphatic carbocycles. The van der Waals surface area contributed by atoms with Crippen LogP contribution >= 0.6 is 11.3 Å². The zero-order valence-electron chi connectivity index (χ0n) is 16.7. The number of carboxylic acid groups (broad SMARTS) is 1. The van der Waals surface area contributed by atoms with Crippen LogP contribution in [0.2, 0.25) is 0 Å². The standard InChI is InChI=1S/C18H22N2O3S.C2HF3O2/c1-22-16-6-7-20(18(21)17-5-3-9-24-17)15-12-19(11-14(15)16)10-13-4-2-8-23-13;3-2(4,5)1(6)7/h2-5,8-9,14-16H,6-7,10-12H2,1H3;(H,6,7)/t14-,15+,16-;/m0./s1. The zero-order chi connectivity index (χ0) is 22.6. The average molecular weight is 460 g/mol. The second kappa shape index (κ2) is 9.84. The van der Waals surface area contributed by atoms with Gasteiger partial charge in [-0.05, 0) is 30.0 Å². The molecule has 0 bridgehead atoms. The number of aliphatic carboxylic acids is 1. The second-order valence-electron chi connectivity index (χ2n) is 7.35. The molecule has 2 aliphatic rings. The monoisotopic (exact) mass is 460 g/mol. The van der Waals surface area contributed by atoms with Gasteiger partial charge in [-0.2, -0.15) is 13.2 Å². The number of nitrogens with zero attached hydrogens (tertiary/aromatic N) is 2. The third-order valence-corrected chi connectivity index (χ3v) is 6.30. The molecule has 0 unspecified atom stereocenters. The van der Waals surface area contributed by atoms with Crippen LogP contribution in [-0.4, -0.2) is 71.8 Å². The predicted octanol–water partition coefficient (Wildman–Crippen LogP) is 3.34. The van der Waals surface area contributed by atoms with E-state index in [9.17, 15) is 18.0 Å². The number of fused-ring (bicyclic) bond motifs is 1. The lowest BCUT2D eigenvalue weighted by atomic mass is 9.89. The van der Waals surface area contributed by atoms with Crippen molar-refractivity contribution < 1.29 is 37.0 Å². The maximum absolute atomic E-state index is 12.9. The molecule has 1 amide bonds. The van der Waals surface area contributed by atoms with E-state index in [2.05, 4.69) is 9.80 Å². The molecule has 2 aliphatic heterocycles. The molecule has 0 aromatic carbocycles. The highest BCUT2D eigenvalue weighted by molar-refractivity contribution is 7.12. The van der Waals surface area contributed by atoms with Crippen molar-refractivity contribution in [3.63, 3.8) is 0 Å². The van der Waals surface area contributed by atoms with E-state index >= 15 is 0 Å². The van der Waals surface area contributed by atoms with Crippen molar-refractivity contribution in [1.82, 2.24) is 9.80 Å². The van der Waals surface area contributed by atoms with E-state index in [1.807, 2.05) is 29.6 Å². The summed E-state index contributed by atoms with van der Waals surface area (Å²) < 4.78 is 42.9. The Kier molecular flexibility index (Phi) is 7.39. The van der Waals surface area contributed by atoms with Gasteiger partial charge >= 0.3 is 12.1 Å². The van der Waals surface area contributed by atoms with Gasteiger partial charge in [0.15, 0.2) is 0 Å². The SMILES string of the molecule is CO[C@H]1CCN(C(=O)c2cccs2)[C@@H]2CN(Cc3ccco3)C[C@H]12.O=C(O)C(F)(F)F. The van der Waals surface area contributed by atoms with Gasteiger partial charge in [-0.25, -0.2) is 4.79 Å². The minimum Gasteiger partial charge on any atom is -0.475 e. The van der Waals surface area contributed by atoms with Gasteiger partial charge in [-0.15, -0.1) is 11.3 Å². The zero-order valence-corrected chi connectivity index (χ0v) is 17.6. The molecule has 7 nitrogen and oxygen atoms in total. The Balaban J connectivity index is 0.000000339. The summed E-state index contributed by atoms with van der Waals surface area (Å²) in [6.07, 6.45) is -2.24. The second-order valence-corrected chi connectivity index (χ2v) is 8.29. The summed E-state index contributed by atoms with van der Waals surface area (Å²) in [6, 6.07) is 8.00. The number of methoxy groups -OCH3 is 1. The summed E-state index contributed by atoms with van der Waals surface area (Å²) in [7, 11) is 1.79. The van der Waals surface area contributed by atoms with Crippen LogP contribution < -0.4 is 0 Å². The summed E-state index contributed by atoms with van der Waals surface area (Å²) in [4.78, 5) is 27.0. The number of rotatable bonds is 4. The number of likely N-dealkylation sites (tertiary alicyclic amines) is 2. The van der Waals surface area contributed by atoms with Crippen molar-refractivity contribution in [3.05, 3.63) is 46.5 Å². The maximum Gasteiger partial charge on any atom is 0.490 e. The molecule has 11 heteroatoms. The normalized spacial score (nSPS) is 23.7. The minimum absolute atomic E-state index is 0.161. The first-order chi connectivity index (χ1) is 14.7. The number of alkyl halides is 3. The van der Waals surface area contributed by atoms with Gasteiger partial charge in [0.25, 0.3) is 5.91 Å². The van der Waals surface area contributed by atoms with Crippen molar-refractivity contribution in [1.29, 1.82) is 0 Å². The van der Waals surface area contributed by atoms with Crippen molar-refractivity contribution in [3.8, 4) is 0 Å². The molecule has 0 radical (unpaired) electrons. The lowest BCUT2D eigenvalue weighted by Gasteiger charge is -2.40. The minimum atomic E-state index is -5.08. The Morgan fingerprint density at radius 1 is 1.29 bits per heavy atom. The molecule has 170 valence electrons. The van der Waals surface area contributed by atoms with Crippen molar-refractivity contribution >= 4 is 23.2 Å². The molecule has 2 fully saturated rings. The topological polar surface area (TPSA) is 83.2 Å². The van der Waals surface area contributed by atoms with Crippen LogP contribution in [0.4, 0.5) is 13.2 Å². The summed E-state index contributed by atoms with van der Waals surface area (Å²) in [6.45, 7) is 3.38. The van der Waals surface area contributed by atoms with Gasteiger partial charge in [-0.1, -0.05) is 6.07 Å². The van der Waals surface area contributed by atoms with Crippen molar-refractivity contribution in [2.45, 2.75) is 31.3 Å². The van der Waals surface area contributed by atoms with Gasteiger partial charge < -0.3 is 19.2 Å². The number of amides is 1. The predicted molar refractivity (Wildman–Crippen MR) is 106 cm³/mol. The number of hydrogen-bond acceptors (Lipinski definition) is 6. The van der Waals surface area contributed by atoms with Crippen LogP contribution in [0.1, 0.15) is 21.9 Å². The highest BCUT2D eigenvalue weighted by atomic mass is 32.1. The van der Waals surface area contributed by atoms with E-state index in [4.69, 9.17) is 19.1 Å². The first-order valence-corrected chi connectivity index (χ1v) is 10.5. The lowest BCUT2D eigenvalue weighted by molar-refractivity contribution is -0.192. The number of carbonyl (C=O) groups excluding carboxylic acids is 1. The third kappa shape index (κ3) is 5.66. The van der Waals surface area contributed by atoms with E-state index < -0.39 is 12.1 Å². The Morgan fingerprint density at radius 2 is 2.03 bits per heavy atom. The van der Waals surface area contributed by atoms with E-state index in [1.165, 1.54) is 11.3 Å². The number of piperidine rings is 1. The third-order valence-electron chi connectivity index (χ3n) is 5.44. The smallest absolute Gasteiger partial charge is 0.475 e. The van der Waals surface area contributed by atoms with Crippen LogP contribution in [0, 0.1) is 5.92 Å².